The maximum atomic E-state index is 6.12. The lowest BCUT2D eigenvalue weighted by molar-refractivity contribution is 0.664. The van der Waals surface area contributed by atoms with Gasteiger partial charge in [-0.3, -0.25) is 0 Å². The number of unbranched alkanes of at least 4 members (excludes halogenated alkanes) is 2. The summed E-state index contributed by atoms with van der Waals surface area (Å²) in [6.07, 6.45) is 4.83. The minimum Gasteiger partial charge on any atom is -0.0843 e. The molecule has 0 amide bonds. The second-order valence-electron chi connectivity index (χ2n) is 3.63. The molecule has 1 rings (SSSR count). The summed E-state index contributed by atoms with van der Waals surface area (Å²) < 4.78 is 0. The highest BCUT2D eigenvalue weighted by molar-refractivity contribution is 9.09. The lowest BCUT2D eigenvalue weighted by atomic mass is 10.1. The van der Waals surface area contributed by atoms with Gasteiger partial charge in [0.1, 0.15) is 0 Å². The van der Waals surface area contributed by atoms with Gasteiger partial charge in [-0.05, 0) is 30.2 Å². The van der Waals surface area contributed by atoms with Crippen molar-refractivity contribution in [1.29, 1.82) is 0 Å². The number of benzene rings is 1. The van der Waals surface area contributed by atoms with E-state index in [1.165, 1.54) is 19.3 Å². The molecular weight excluding hydrogens is 295 g/mol. The molecule has 84 valence electrons. The van der Waals surface area contributed by atoms with Gasteiger partial charge in [-0.25, -0.2) is 0 Å². The van der Waals surface area contributed by atoms with Gasteiger partial charge in [0, 0.05) is 14.9 Å². The summed E-state index contributed by atoms with van der Waals surface area (Å²) in [7, 11) is 0. The van der Waals surface area contributed by atoms with Gasteiger partial charge in [0.2, 0.25) is 0 Å². The second-order valence-corrected chi connectivity index (χ2v) is 5.58. The van der Waals surface area contributed by atoms with Gasteiger partial charge in [0.05, 0.1) is 0 Å². The van der Waals surface area contributed by atoms with Crippen molar-refractivity contribution in [3.8, 4) is 0 Å². The third-order valence-electron chi connectivity index (χ3n) is 2.36. The summed E-state index contributed by atoms with van der Waals surface area (Å²) in [5.74, 6) is 0. The highest BCUT2D eigenvalue weighted by Crippen LogP contribution is 2.35. The van der Waals surface area contributed by atoms with Crippen molar-refractivity contribution in [3.05, 3.63) is 33.8 Å². The third kappa shape index (κ3) is 4.34. The van der Waals surface area contributed by atoms with Crippen LogP contribution >= 0.6 is 39.1 Å². The van der Waals surface area contributed by atoms with Crippen LogP contribution in [0.4, 0.5) is 0 Å². The smallest absolute Gasteiger partial charge is 0.0450 e. The molecule has 0 bridgehead atoms. The van der Waals surface area contributed by atoms with Crippen molar-refractivity contribution < 1.29 is 0 Å². The number of hydrogen-bond donors (Lipinski definition) is 0. The summed E-state index contributed by atoms with van der Waals surface area (Å²) >= 11 is 15.7. The topological polar surface area (TPSA) is 0 Å². The molecule has 0 aliphatic carbocycles. The van der Waals surface area contributed by atoms with Gasteiger partial charge in [-0.1, -0.05) is 65.3 Å². The first-order chi connectivity index (χ1) is 7.15. The molecule has 0 saturated heterocycles. The first-order valence-electron chi connectivity index (χ1n) is 5.24. The van der Waals surface area contributed by atoms with Crippen molar-refractivity contribution in [1.82, 2.24) is 0 Å². The molecular formula is C12H15BrCl2. The van der Waals surface area contributed by atoms with Gasteiger partial charge in [-0.15, -0.1) is 0 Å². The largest absolute Gasteiger partial charge is 0.0843 e. The molecule has 0 fully saturated rings. The molecule has 0 nitrogen and oxygen atoms in total. The van der Waals surface area contributed by atoms with Crippen molar-refractivity contribution >= 4 is 39.1 Å². The Kier molecular flexibility index (Phi) is 6.03. The Balaban J connectivity index is 2.64. The Morgan fingerprint density at radius 3 is 2.67 bits per heavy atom. The predicted octanol–water partition coefficient (Wildman–Crippen LogP) is 6.01. The fourth-order valence-electron chi connectivity index (χ4n) is 1.48. The van der Waals surface area contributed by atoms with Gasteiger partial charge in [-0.2, -0.15) is 0 Å². The Hall–Kier alpha value is 0.280. The standard InChI is InChI=1S/C12H15BrCl2/c1-2-3-4-5-11(13)10-8-9(14)6-7-12(10)15/h6-8,11H,2-5H2,1H3. The van der Waals surface area contributed by atoms with Crippen LogP contribution in [0.15, 0.2) is 18.2 Å². The average molecular weight is 310 g/mol. The first-order valence-corrected chi connectivity index (χ1v) is 6.91. The maximum absolute atomic E-state index is 6.12. The predicted molar refractivity (Wildman–Crippen MR) is 72.3 cm³/mol. The van der Waals surface area contributed by atoms with Crippen LogP contribution < -0.4 is 0 Å². The lowest BCUT2D eigenvalue weighted by Crippen LogP contribution is -1.91. The maximum Gasteiger partial charge on any atom is 0.0450 e. The molecule has 0 N–H and O–H groups in total. The first kappa shape index (κ1) is 13.3. The summed E-state index contributed by atoms with van der Waals surface area (Å²) in [5, 5.41) is 1.53. The van der Waals surface area contributed by atoms with E-state index < -0.39 is 0 Å². The van der Waals surface area contributed by atoms with Gasteiger partial charge >= 0.3 is 0 Å². The van der Waals surface area contributed by atoms with E-state index in [1.54, 1.807) is 0 Å². The van der Waals surface area contributed by atoms with Crippen molar-refractivity contribution in [3.63, 3.8) is 0 Å². The normalized spacial score (nSPS) is 12.8. The molecule has 0 saturated carbocycles. The third-order valence-corrected chi connectivity index (χ3v) is 3.89. The second kappa shape index (κ2) is 6.78. The number of hydrogen-bond acceptors (Lipinski definition) is 0. The molecule has 0 aliphatic rings. The molecule has 1 aromatic carbocycles. The van der Waals surface area contributed by atoms with Crippen LogP contribution in [0.1, 0.15) is 43.0 Å². The lowest BCUT2D eigenvalue weighted by Gasteiger charge is -2.12. The number of halogens is 3. The zero-order valence-electron chi connectivity index (χ0n) is 8.77. The van der Waals surface area contributed by atoms with Crippen LogP contribution in [0.3, 0.4) is 0 Å². The summed E-state index contributed by atoms with van der Waals surface area (Å²) in [5.41, 5.74) is 1.10. The fraction of sp³-hybridized carbons (Fsp3) is 0.500. The zero-order chi connectivity index (χ0) is 11.3. The van der Waals surface area contributed by atoms with Crippen LogP contribution in [0.5, 0.6) is 0 Å². The molecule has 1 atom stereocenters. The van der Waals surface area contributed by atoms with Gasteiger partial charge in [0.15, 0.2) is 0 Å². The van der Waals surface area contributed by atoms with E-state index in [0.717, 1.165) is 22.0 Å². The van der Waals surface area contributed by atoms with Gasteiger partial charge < -0.3 is 0 Å². The summed E-state index contributed by atoms with van der Waals surface area (Å²) in [6.45, 7) is 2.20. The molecule has 0 spiro atoms. The highest BCUT2D eigenvalue weighted by Gasteiger charge is 2.11. The van der Waals surface area contributed by atoms with Crippen molar-refractivity contribution in [2.45, 2.75) is 37.4 Å². The van der Waals surface area contributed by atoms with E-state index in [1.807, 2.05) is 18.2 Å². The molecule has 1 aromatic rings. The van der Waals surface area contributed by atoms with E-state index in [-0.39, 0.29) is 0 Å². The quantitative estimate of drug-likeness (QED) is 0.461. The molecule has 15 heavy (non-hydrogen) atoms. The van der Waals surface area contributed by atoms with Crippen LogP contribution in [-0.2, 0) is 0 Å². The van der Waals surface area contributed by atoms with Crippen LogP contribution in [-0.4, -0.2) is 0 Å². The van der Waals surface area contributed by atoms with Crippen LogP contribution in [0.2, 0.25) is 10.0 Å². The number of rotatable bonds is 5. The molecule has 0 aliphatic heterocycles. The zero-order valence-corrected chi connectivity index (χ0v) is 11.9. The Morgan fingerprint density at radius 2 is 2.00 bits per heavy atom. The highest BCUT2D eigenvalue weighted by atomic mass is 79.9. The van der Waals surface area contributed by atoms with Crippen LogP contribution in [0.25, 0.3) is 0 Å². The average Bonchev–Trinajstić information content (AvgIpc) is 2.22. The molecule has 3 heteroatoms. The molecule has 0 heterocycles. The van der Waals surface area contributed by atoms with Crippen molar-refractivity contribution in [2.75, 3.05) is 0 Å². The molecule has 0 aromatic heterocycles. The van der Waals surface area contributed by atoms with Crippen molar-refractivity contribution in [2.24, 2.45) is 0 Å². The van der Waals surface area contributed by atoms with Gasteiger partial charge in [0.25, 0.3) is 0 Å². The Labute approximate surface area is 110 Å². The van der Waals surface area contributed by atoms with E-state index in [9.17, 15) is 0 Å². The Bertz CT molecular complexity index is 312. The summed E-state index contributed by atoms with van der Waals surface area (Å²) in [4.78, 5) is 0.315. The summed E-state index contributed by atoms with van der Waals surface area (Å²) in [6, 6.07) is 5.61. The molecule has 0 radical (unpaired) electrons. The number of alkyl halides is 1. The monoisotopic (exact) mass is 308 g/mol. The SMILES string of the molecule is CCCCCC(Br)c1cc(Cl)ccc1Cl. The minimum absolute atomic E-state index is 0.315. The van der Waals surface area contributed by atoms with E-state index in [2.05, 4.69) is 22.9 Å². The minimum atomic E-state index is 0.315. The fourth-order valence-corrected chi connectivity index (χ4v) is 2.75. The molecule has 1 unspecified atom stereocenters. The van der Waals surface area contributed by atoms with Crippen LogP contribution in [0, 0.1) is 0 Å². The Morgan fingerprint density at radius 1 is 1.27 bits per heavy atom. The van der Waals surface area contributed by atoms with E-state index in [0.29, 0.717) is 4.83 Å². The van der Waals surface area contributed by atoms with E-state index >= 15 is 0 Å². The van der Waals surface area contributed by atoms with E-state index in [4.69, 9.17) is 23.2 Å².